The van der Waals surface area contributed by atoms with Gasteiger partial charge in [-0.1, -0.05) is 51.0 Å². The van der Waals surface area contributed by atoms with Crippen LogP contribution in [-0.4, -0.2) is 29.1 Å². The Morgan fingerprint density at radius 2 is 1.91 bits per heavy atom. The lowest BCUT2D eigenvalue weighted by Gasteiger charge is -2.40. The maximum absolute atomic E-state index is 6.07. The van der Waals surface area contributed by atoms with Gasteiger partial charge in [-0.05, 0) is 98.5 Å². The summed E-state index contributed by atoms with van der Waals surface area (Å²) in [5, 5.41) is 4.49. The van der Waals surface area contributed by atoms with Gasteiger partial charge in [0, 0.05) is 37.1 Å². The van der Waals surface area contributed by atoms with E-state index in [1.807, 2.05) is 0 Å². The smallest absolute Gasteiger partial charge is 0.173 e. The number of hydrogen-bond acceptors (Lipinski definition) is 2. The SMILES string of the molecule is CCCN1CCCc2cc(CN(C(=S)Nc3cc(C)ccc3C)[C@H]3CCCC[C@H]3C)ccc21. The first-order chi connectivity index (χ1) is 16.0. The van der Waals surface area contributed by atoms with Gasteiger partial charge in [0.1, 0.15) is 0 Å². The van der Waals surface area contributed by atoms with Crippen LogP contribution in [0.1, 0.15) is 74.6 Å². The van der Waals surface area contributed by atoms with E-state index in [-0.39, 0.29) is 0 Å². The Hall–Kier alpha value is -2.07. The van der Waals surface area contributed by atoms with E-state index in [0.29, 0.717) is 12.0 Å². The number of rotatable bonds is 6. The molecule has 0 bridgehead atoms. The molecule has 178 valence electrons. The summed E-state index contributed by atoms with van der Waals surface area (Å²) in [6, 6.07) is 14.2. The molecule has 1 aliphatic heterocycles. The Bertz CT molecular complexity index is 969. The second-order valence-electron chi connectivity index (χ2n) is 10.3. The summed E-state index contributed by atoms with van der Waals surface area (Å²) in [5.74, 6) is 0.662. The van der Waals surface area contributed by atoms with Crippen molar-refractivity contribution in [3.8, 4) is 0 Å². The monoisotopic (exact) mass is 463 g/mol. The van der Waals surface area contributed by atoms with Gasteiger partial charge in [0.15, 0.2) is 5.11 Å². The minimum Gasteiger partial charge on any atom is -0.371 e. The molecule has 1 heterocycles. The molecule has 0 aromatic heterocycles. The molecule has 2 aromatic rings. The summed E-state index contributed by atoms with van der Waals surface area (Å²) in [6.45, 7) is 12.2. The third kappa shape index (κ3) is 5.71. The minimum atomic E-state index is 0.497. The van der Waals surface area contributed by atoms with E-state index in [1.54, 1.807) is 0 Å². The first kappa shape index (κ1) is 24.1. The number of nitrogens with one attached hydrogen (secondary N) is 1. The predicted octanol–water partition coefficient (Wildman–Crippen LogP) is 7.24. The van der Waals surface area contributed by atoms with Crippen molar-refractivity contribution in [2.45, 2.75) is 85.2 Å². The predicted molar refractivity (Wildman–Crippen MR) is 146 cm³/mol. The topological polar surface area (TPSA) is 18.5 Å². The van der Waals surface area contributed by atoms with Crippen LogP contribution in [0.4, 0.5) is 11.4 Å². The standard InChI is InChI=1S/C29H41N3S/c1-5-16-31-17-8-10-25-19-24(14-15-28(25)31)20-32(27-11-7-6-9-23(27)4)29(33)30-26-18-21(2)12-13-22(26)3/h12-15,18-19,23,27H,5-11,16-17,20H2,1-4H3,(H,30,33)/t23-,27+/m1/s1. The van der Waals surface area contributed by atoms with Crippen molar-refractivity contribution in [3.63, 3.8) is 0 Å². The quantitative estimate of drug-likeness (QED) is 0.455. The molecule has 0 unspecified atom stereocenters. The van der Waals surface area contributed by atoms with Gasteiger partial charge in [0.25, 0.3) is 0 Å². The highest BCUT2D eigenvalue weighted by Gasteiger charge is 2.29. The van der Waals surface area contributed by atoms with Crippen LogP contribution in [0, 0.1) is 19.8 Å². The maximum Gasteiger partial charge on any atom is 0.173 e. The van der Waals surface area contributed by atoms with Crippen molar-refractivity contribution in [3.05, 3.63) is 58.7 Å². The number of hydrogen-bond donors (Lipinski definition) is 1. The Balaban J connectivity index is 1.59. The molecule has 33 heavy (non-hydrogen) atoms. The van der Waals surface area contributed by atoms with E-state index < -0.39 is 0 Å². The molecule has 0 amide bonds. The lowest BCUT2D eigenvalue weighted by molar-refractivity contribution is 0.177. The van der Waals surface area contributed by atoms with Crippen molar-refractivity contribution in [1.29, 1.82) is 0 Å². The molecule has 0 saturated heterocycles. The van der Waals surface area contributed by atoms with Gasteiger partial charge in [0.2, 0.25) is 0 Å². The average Bonchev–Trinajstić information content (AvgIpc) is 2.80. The van der Waals surface area contributed by atoms with Crippen molar-refractivity contribution in [1.82, 2.24) is 4.90 Å². The Morgan fingerprint density at radius 3 is 2.70 bits per heavy atom. The fraction of sp³-hybridized carbons (Fsp3) is 0.552. The normalized spacial score (nSPS) is 20.3. The van der Waals surface area contributed by atoms with E-state index in [2.05, 4.69) is 79.2 Å². The third-order valence-corrected chi connectivity index (χ3v) is 7.90. The van der Waals surface area contributed by atoms with E-state index >= 15 is 0 Å². The molecule has 1 N–H and O–H groups in total. The number of thiocarbonyl (C=S) groups is 1. The van der Waals surface area contributed by atoms with Gasteiger partial charge in [-0.2, -0.15) is 0 Å². The van der Waals surface area contributed by atoms with Crippen LogP contribution >= 0.6 is 12.2 Å². The Kier molecular flexibility index (Phi) is 7.95. The largest absolute Gasteiger partial charge is 0.371 e. The fourth-order valence-corrected chi connectivity index (χ4v) is 5.99. The first-order valence-corrected chi connectivity index (χ1v) is 13.4. The zero-order valence-electron chi connectivity index (χ0n) is 21.0. The highest BCUT2D eigenvalue weighted by atomic mass is 32.1. The number of nitrogens with zero attached hydrogens (tertiary/aromatic N) is 2. The van der Waals surface area contributed by atoms with Crippen LogP contribution in [0.15, 0.2) is 36.4 Å². The fourth-order valence-electron chi connectivity index (χ4n) is 5.68. The summed E-state index contributed by atoms with van der Waals surface area (Å²) in [6.07, 6.45) is 8.81. The summed E-state index contributed by atoms with van der Waals surface area (Å²) >= 11 is 6.07. The lowest BCUT2D eigenvalue weighted by Crippen LogP contribution is -2.46. The zero-order valence-corrected chi connectivity index (χ0v) is 21.8. The van der Waals surface area contributed by atoms with Gasteiger partial charge in [-0.3, -0.25) is 0 Å². The molecule has 0 radical (unpaired) electrons. The molecule has 2 aromatic carbocycles. The summed E-state index contributed by atoms with van der Waals surface area (Å²) < 4.78 is 0. The first-order valence-electron chi connectivity index (χ1n) is 13.0. The van der Waals surface area contributed by atoms with Crippen molar-refractivity contribution >= 4 is 28.7 Å². The Morgan fingerprint density at radius 1 is 1.09 bits per heavy atom. The lowest BCUT2D eigenvalue weighted by atomic mass is 9.84. The van der Waals surface area contributed by atoms with Crippen molar-refractivity contribution in [2.24, 2.45) is 5.92 Å². The maximum atomic E-state index is 6.07. The number of aryl methyl sites for hydroxylation is 3. The molecule has 1 aliphatic carbocycles. The van der Waals surface area contributed by atoms with Gasteiger partial charge < -0.3 is 15.1 Å². The number of fused-ring (bicyclic) bond motifs is 1. The van der Waals surface area contributed by atoms with E-state index in [4.69, 9.17) is 12.2 Å². The summed E-state index contributed by atoms with van der Waals surface area (Å²) in [7, 11) is 0. The second-order valence-corrected chi connectivity index (χ2v) is 10.6. The minimum absolute atomic E-state index is 0.497. The van der Waals surface area contributed by atoms with Gasteiger partial charge in [-0.15, -0.1) is 0 Å². The average molecular weight is 464 g/mol. The molecule has 4 heteroatoms. The van der Waals surface area contributed by atoms with Crippen LogP contribution in [0.5, 0.6) is 0 Å². The molecular formula is C29H41N3S. The van der Waals surface area contributed by atoms with E-state index in [1.165, 1.54) is 79.4 Å². The van der Waals surface area contributed by atoms with Gasteiger partial charge in [-0.25, -0.2) is 0 Å². The number of benzene rings is 2. The molecule has 4 rings (SSSR count). The molecule has 3 nitrogen and oxygen atoms in total. The van der Waals surface area contributed by atoms with Crippen LogP contribution < -0.4 is 10.2 Å². The summed E-state index contributed by atoms with van der Waals surface area (Å²) in [5.41, 5.74) is 7.97. The van der Waals surface area contributed by atoms with Crippen molar-refractivity contribution < 1.29 is 0 Å². The van der Waals surface area contributed by atoms with Crippen LogP contribution in [0.3, 0.4) is 0 Å². The second kappa shape index (κ2) is 10.9. The van der Waals surface area contributed by atoms with Crippen LogP contribution in [0.2, 0.25) is 0 Å². The molecule has 1 saturated carbocycles. The van der Waals surface area contributed by atoms with Gasteiger partial charge >= 0.3 is 0 Å². The molecular weight excluding hydrogens is 422 g/mol. The Labute approximate surface area is 206 Å². The third-order valence-electron chi connectivity index (χ3n) is 7.57. The van der Waals surface area contributed by atoms with Crippen LogP contribution in [0.25, 0.3) is 0 Å². The number of anilines is 2. The molecule has 2 aliphatic rings. The highest BCUT2D eigenvalue weighted by molar-refractivity contribution is 7.80. The molecule has 0 spiro atoms. The van der Waals surface area contributed by atoms with Crippen molar-refractivity contribution in [2.75, 3.05) is 23.3 Å². The highest BCUT2D eigenvalue weighted by Crippen LogP contribution is 2.32. The van der Waals surface area contributed by atoms with Crippen LogP contribution in [-0.2, 0) is 13.0 Å². The zero-order chi connectivity index (χ0) is 23.4. The summed E-state index contributed by atoms with van der Waals surface area (Å²) in [4.78, 5) is 5.06. The van der Waals surface area contributed by atoms with E-state index in [0.717, 1.165) is 23.9 Å². The van der Waals surface area contributed by atoms with E-state index in [9.17, 15) is 0 Å². The molecule has 2 atom stereocenters. The molecule has 1 fully saturated rings. The van der Waals surface area contributed by atoms with Gasteiger partial charge in [0.05, 0.1) is 0 Å².